The van der Waals surface area contributed by atoms with E-state index in [2.05, 4.69) is 17.3 Å². The van der Waals surface area contributed by atoms with Crippen LogP contribution < -0.4 is 10.9 Å². The first-order chi connectivity index (χ1) is 10.2. The zero-order valence-electron chi connectivity index (χ0n) is 12.3. The summed E-state index contributed by atoms with van der Waals surface area (Å²) in [6.45, 7) is 2.74. The summed E-state index contributed by atoms with van der Waals surface area (Å²) in [5.74, 6) is 2.45. The van der Waals surface area contributed by atoms with E-state index in [1.165, 1.54) is 24.3 Å². The predicted molar refractivity (Wildman–Crippen MR) is 88.9 cm³/mol. The van der Waals surface area contributed by atoms with Crippen LogP contribution in [0.2, 0.25) is 0 Å². The number of hydrogen-bond donors (Lipinski definition) is 1. The third-order valence-electron chi connectivity index (χ3n) is 3.89. The molecule has 3 rings (SSSR count). The van der Waals surface area contributed by atoms with E-state index in [4.69, 9.17) is 0 Å². The van der Waals surface area contributed by atoms with E-state index < -0.39 is 0 Å². The second-order valence-electron chi connectivity index (χ2n) is 5.70. The molecule has 2 atom stereocenters. The lowest BCUT2D eigenvalue weighted by molar-refractivity contribution is 0.387. The molecule has 0 bridgehead atoms. The largest absolute Gasteiger partial charge is 0.309 e. The number of fused-ring (bicyclic) bond motifs is 1. The molecule has 0 radical (unpaired) electrons. The zero-order valence-corrected chi connectivity index (χ0v) is 13.1. The Hall–Kier alpha value is -1.33. The summed E-state index contributed by atoms with van der Waals surface area (Å²) in [4.78, 5) is 12.4. The van der Waals surface area contributed by atoms with Gasteiger partial charge in [-0.05, 0) is 31.6 Å². The topological polar surface area (TPSA) is 46.9 Å². The van der Waals surface area contributed by atoms with Gasteiger partial charge >= 0.3 is 0 Å². The third kappa shape index (κ3) is 3.47. The molecule has 1 N–H and O–H groups in total. The Morgan fingerprint density at radius 3 is 3.14 bits per heavy atom. The van der Waals surface area contributed by atoms with Crippen molar-refractivity contribution < 1.29 is 0 Å². The van der Waals surface area contributed by atoms with Crippen molar-refractivity contribution >= 4 is 22.5 Å². The highest BCUT2D eigenvalue weighted by Crippen LogP contribution is 2.17. The van der Waals surface area contributed by atoms with Crippen molar-refractivity contribution in [3.63, 3.8) is 0 Å². The average Bonchev–Trinajstić information content (AvgIpc) is 2.51. The van der Waals surface area contributed by atoms with Gasteiger partial charge in [-0.2, -0.15) is 16.9 Å². The summed E-state index contributed by atoms with van der Waals surface area (Å²) in [6, 6.07) is 8.43. The van der Waals surface area contributed by atoms with Gasteiger partial charge in [0.1, 0.15) is 0 Å². The molecule has 4 nitrogen and oxygen atoms in total. The van der Waals surface area contributed by atoms with Gasteiger partial charge in [0.25, 0.3) is 5.56 Å². The van der Waals surface area contributed by atoms with Crippen LogP contribution in [0.3, 0.4) is 0 Å². The van der Waals surface area contributed by atoms with Gasteiger partial charge in [-0.3, -0.25) is 4.79 Å². The first-order valence-corrected chi connectivity index (χ1v) is 8.68. The SMILES string of the molecule is C[C@@H](Cn1ncc2ccccc2c1=O)N[C@H]1CCCSC1. The van der Waals surface area contributed by atoms with Crippen molar-refractivity contribution in [1.29, 1.82) is 0 Å². The molecule has 0 saturated carbocycles. The molecular formula is C16H21N3OS. The van der Waals surface area contributed by atoms with Crippen LogP contribution in [-0.2, 0) is 6.54 Å². The number of aromatic nitrogens is 2. The molecule has 0 unspecified atom stereocenters. The maximum Gasteiger partial charge on any atom is 0.274 e. The van der Waals surface area contributed by atoms with Crippen molar-refractivity contribution in [2.45, 2.75) is 38.4 Å². The van der Waals surface area contributed by atoms with Crippen molar-refractivity contribution in [2.75, 3.05) is 11.5 Å². The van der Waals surface area contributed by atoms with Crippen LogP contribution in [0.1, 0.15) is 19.8 Å². The van der Waals surface area contributed by atoms with Crippen molar-refractivity contribution in [3.05, 3.63) is 40.8 Å². The predicted octanol–water partition coefficient (Wildman–Crippen LogP) is 2.27. The van der Waals surface area contributed by atoms with Gasteiger partial charge in [0.15, 0.2) is 0 Å². The van der Waals surface area contributed by atoms with Gasteiger partial charge in [-0.15, -0.1) is 0 Å². The Labute approximate surface area is 128 Å². The molecule has 1 aliphatic rings. The number of thioether (sulfide) groups is 1. The van der Waals surface area contributed by atoms with Crippen LogP contribution in [0.15, 0.2) is 35.3 Å². The van der Waals surface area contributed by atoms with Gasteiger partial charge in [-0.1, -0.05) is 18.2 Å². The van der Waals surface area contributed by atoms with E-state index in [-0.39, 0.29) is 11.6 Å². The fraction of sp³-hybridized carbons (Fsp3) is 0.500. The fourth-order valence-corrected chi connectivity index (χ4v) is 3.93. The first-order valence-electron chi connectivity index (χ1n) is 7.52. The number of nitrogens with one attached hydrogen (secondary N) is 1. The van der Waals surface area contributed by atoms with Crippen molar-refractivity contribution in [3.8, 4) is 0 Å². The Bertz CT molecular complexity index is 664. The van der Waals surface area contributed by atoms with Crippen molar-refractivity contribution in [2.24, 2.45) is 0 Å². The molecule has 1 aromatic carbocycles. The summed E-state index contributed by atoms with van der Waals surface area (Å²) >= 11 is 2.01. The molecule has 112 valence electrons. The zero-order chi connectivity index (χ0) is 14.7. The molecule has 5 heteroatoms. The Morgan fingerprint density at radius 1 is 1.48 bits per heavy atom. The molecule has 1 fully saturated rings. The van der Waals surface area contributed by atoms with E-state index in [0.717, 1.165) is 10.8 Å². The Morgan fingerprint density at radius 2 is 2.33 bits per heavy atom. The lowest BCUT2D eigenvalue weighted by atomic mass is 10.1. The Balaban J connectivity index is 1.72. The fourth-order valence-electron chi connectivity index (χ4n) is 2.84. The van der Waals surface area contributed by atoms with Crippen LogP contribution in [-0.4, -0.2) is 33.4 Å². The summed E-state index contributed by atoms with van der Waals surface area (Å²) < 4.78 is 1.58. The minimum absolute atomic E-state index is 0.000214. The first kappa shape index (κ1) is 14.6. The highest BCUT2D eigenvalue weighted by Gasteiger charge is 2.16. The van der Waals surface area contributed by atoms with E-state index in [9.17, 15) is 4.79 Å². The second-order valence-corrected chi connectivity index (χ2v) is 6.85. The molecule has 0 aliphatic carbocycles. The maximum atomic E-state index is 12.4. The molecule has 1 aromatic heterocycles. The normalized spacial score (nSPS) is 20.5. The highest BCUT2D eigenvalue weighted by molar-refractivity contribution is 7.99. The molecule has 1 aliphatic heterocycles. The van der Waals surface area contributed by atoms with Gasteiger partial charge in [-0.25, -0.2) is 4.68 Å². The Kier molecular flexibility index (Phi) is 4.60. The van der Waals surface area contributed by atoms with Gasteiger partial charge in [0, 0.05) is 23.2 Å². The van der Waals surface area contributed by atoms with E-state index in [0.29, 0.717) is 12.6 Å². The molecule has 1 saturated heterocycles. The van der Waals surface area contributed by atoms with Crippen LogP contribution in [0, 0.1) is 0 Å². The number of hydrogen-bond acceptors (Lipinski definition) is 4. The third-order valence-corrected chi connectivity index (χ3v) is 5.10. The number of nitrogens with zero attached hydrogens (tertiary/aromatic N) is 2. The van der Waals surface area contributed by atoms with Crippen molar-refractivity contribution in [1.82, 2.24) is 15.1 Å². The molecule has 2 heterocycles. The van der Waals surface area contributed by atoms with E-state index >= 15 is 0 Å². The molecule has 2 aromatic rings. The van der Waals surface area contributed by atoms with Gasteiger partial charge < -0.3 is 5.32 Å². The quantitative estimate of drug-likeness (QED) is 0.941. The standard InChI is InChI=1S/C16H21N3OS/c1-12(18-14-6-4-8-21-11-14)10-19-16(20)15-7-3-2-5-13(15)9-17-19/h2-3,5,7,9,12,14,18H,4,6,8,10-11H2,1H3/t12-,14-/m0/s1. The van der Waals surface area contributed by atoms with Crippen LogP contribution in [0.25, 0.3) is 10.8 Å². The van der Waals surface area contributed by atoms with Crippen LogP contribution >= 0.6 is 11.8 Å². The van der Waals surface area contributed by atoms with E-state index in [1.54, 1.807) is 10.9 Å². The monoisotopic (exact) mass is 303 g/mol. The number of rotatable bonds is 4. The van der Waals surface area contributed by atoms with Gasteiger partial charge in [0.05, 0.1) is 18.1 Å². The molecule has 0 amide bonds. The lowest BCUT2D eigenvalue weighted by Gasteiger charge is -2.26. The molecular weight excluding hydrogens is 282 g/mol. The summed E-state index contributed by atoms with van der Waals surface area (Å²) in [7, 11) is 0. The minimum Gasteiger partial charge on any atom is -0.309 e. The van der Waals surface area contributed by atoms with Crippen LogP contribution in [0.5, 0.6) is 0 Å². The second kappa shape index (κ2) is 6.62. The van der Waals surface area contributed by atoms with Gasteiger partial charge in [0.2, 0.25) is 0 Å². The average molecular weight is 303 g/mol. The molecule has 0 spiro atoms. The summed E-state index contributed by atoms with van der Waals surface area (Å²) in [5, 5.41) is 9.57. The summed E-state index contributed by atoms with van der Waals surface area (Å²) in [6.07, 6.45) is 4.29. The number of benzene rings is 1. The highest BCUT2D eigenvalue weighted by atomic mass is 32.2. The molecule has 21 heavy (non-hydrogen) atoms. The lowest BCUT2D eigenvalue weighted by Crippen LogP contribution is -2.43. The van der Waals surface area contributed by atoms with E-state index in [1.807, 2.05) is 36.0 Å². The smallest absolute Gasteiger partial charge is 0.274 e. The minimum atomic E-state index is -0.000214. The maximum absolute atomic E-state index is 12.4. The summed E-state index contributed by atoms with van der Waals surface area (Å²) in [5.41, 5.74) is -0.000214. The van der Waals surface area contributed by atoms with Crippen LogP contribution in [0.4, 0.5) is 0 Å².